The van der Waals surface area contributed by atoms with E-state index in [9.17, 15) is 8.42 Å². The SMILES string of the molecule is CCCS(=O)(=O)N1CC[C@H](n2c(-c3ccc(OC)cc3)nc3cccnc32)C1. The van der Waals surface area contributed by atoms with Crippen LogP contribution in [0.5, 0.6) is 5.75 Å². The summed E-state index contributed by atoms with van der Waals surface area (Å²) >= 11 is 0. The molecule has 0 N–H and O–H groups in total. The fraction of sp³-hybridized carbons (Fsp3) is 0.400. The van der Waals surface area contributed by atoms with Gasteiger partial charge in [0.05, 0.1) is 18.9 Å². The van der Waals surface area contributed by atoms with E-state index in [4.69, 9.17) is 9.72 Å². The molecule has 4 rings (SSSR count). The summed E-state index contributed by atoms with van der Waals surface area (Å²) < 4.78 is 34.0. The van der Waals surface area contributed by atoms with E-state index in [0.29, 0.717) is 19.5 Å². The molecule has 3 aromatic rings. The van der Waals surface area contributed by atoms with E-state index in [1.807, 2.05) is 43.3 Å². The predicted octanol–water partition coefficient (Wildman–Crippen LogP) is 3.09. The lowest BCUT2D eigenvalue weighted by Crippen LogP contribution is -2.31. The van der Waals surface area contributed by atoms with Gasteiger partial charge < -0.3 is 9.30 Å². The van der Waals surface area contributed by atoms with Crippen molar-refractivity contribution in [3.8, 4) is 17.1 Å². The van der Waals surface area contributed by atoms with Crippen LogP contribution < -0.4 is 4.74 Å². The largest absolute Gasteiger partial charge is 0.497 e. The summed E-state index contributed by atoms with van der Waals surface area (Å²) in [5.41, 5.74) is 2.55. The van der Waals surface area contributed by atoms with Crippen molar-refractivity contribution in [2.45, 2.75) is 25.8 Å². The van der Waals surface area contributed by atoms with E-state index in [0.717, 1.165) is 34.7 Å². The van der Waals surface area contributed by atoms with Gasteiger partial charge in [0.25, 0.3) is 0 Å². The molecule has 1 saturated heterocycles. The average molecular weight is 401 g/mol. The normalized spacial score (nSPS) is 18.0. The third-order valence-electron chi connectivity index (χ3n) is 5.14. The van der Waals surface area contributed by atoms with Crippen LogP contribution in [0.2, 0.25) is 0 Å². The summed E-state index contributed by atoms with van der Waals surface area (Å²) in [6, 6.07) is 11.5. The van der Waals surface area contributed by atoms with Crippen molar-refractivity contribution in [1.82, 2.24) is 18.8 Å². The second kappa shape index (κ2) is 7.52. The standard InChI is InChI=1S/C20H24N4O3S/c1-3-13-28(25,26)23-12-10-16(14-23)24-19(15-6-8-17(27-2)9-7-15)22-18-5-4-11-21-20(18)24/h4-9,11,16H,3,10,12-14H2,1-2H3/t16-/m0/s1. The molecule has 8 heteroatoms. The Morgan fingerprint density at radius 1 is 1.21 bits per heavy atom. The van der Waals surface area contributed by atoms with Crippen LogP contribution in [0.4, 0.5) is 0 Å². The van der Waals surface area contributed by atoms with Crippen molar-refractivity contribution >= 4 is 21.2 Å². The van der Waals surface area contributed by atoms with Crippen LogP contribution >= 0.6 is 0 Å². The number of hydrogen-bond donors (Lipinski definition) is 0. The molecular weight excluding hydrogens is 376 g/mol. The van der Waals surface area contributed by atoms with Crippen LogP contribution in [0.1, 0.15) is 25.8 Å². The number of sulfonamides is 1. The number of ether oxygens (including phenoxy) is 1. The van der Waals surface area contributed by atoms with E-state index >= 15 is 0 Å². The average Bonchev–Trinajstić information content (AvgIpc) is 3.33. The van der Waals surface area contributed by atoms with E-state index in [1.165, 1.54) is 0 Å². The fourth-order valence-corrected chi connectivity index (χ4v) is 5.34. The summed E-state index contributed by atoms with van der Waals surface area (Å²) in [6.45, 7) is 2.87. The van der Waals surface area contributed by atoms with Crippen molar-refractivity contribution in [3.05, 3.63) is 42.6 Å². The monoisotopic (exact) mass is 400 g/mol. The third kappa shape index (κ3) is 3.38. The number of benzene rings is 1. The molecule has 0 spiro atoms. The highest BCUT2D eigenvalue weighted by Gasteiger charge is 2.34. The van der Waals surface area contributed by atoms with Gasteiger partial charge in [-0.3, -0.25) is 0 Å². The summed E-state index contributed by atoms with van der Waals surface area (Å²) in [4.78, 5) is 9.34. The molecule has 0 saturated carbocycles. The van der Waals surface area contributed by atoms with E-state index in [-0.39, 0.29) is 11.8 Å². The second-order valence-electron chi connectivity index (χ2n) is 7.00. The lowest BCUT2D eigenvalue weighted by atomic mass is 10.2. The van der Waals surface area contributed by atoms with Crippen molar-refractivity contribution in [2.24, 2.45) is 0 Å². The quantitative estimate of drug-likeness (QED) is 0.635. The molecule has 0 amide bonds. The molecule has 0 radical (unpaired) electrons. The van der Waals surface area contributed by atoms with Gasteiger partial charge in [0, 0.05) is 24.8 Å². The van der Waals surface area contributed by atoms with Crippen LogP contribution in [0.15, 0.2) is 42.6 Å². The van der Waals surface area contributed by atoms with Crippen LogP contribution in [0.25, 0.3) is 22.6 Å². The first-order valence-corrected chi connectivity index (χ1v) is 11.1. The van der Waals surface area contributed by atoms with Gasteiger partial charge in [-0.25, -0.2) is 18.4 Å². The van der Waals surface area contributed by atoms with Crippen LogP contribution in [0, 0.1) is 0 Å². The van der Waals surface area contributed by atoms with Gasteiger partial charge in [-0.2, -0.15) is 4.31 Å². The Hall–Kier alpha value is -2.45. The number of pyridine rings is 1. The summed E-state index contributed by atoms with van der Waals surface area (Å²) in [5, 5.41) is 0. The van der Waals surface area contributed by atoms with Gasteiger partial charge in [0.1, 0.15) is 17.1 Å². The minimum atomic E-state index is -3.21. The number of nitrogens with zero attached hydrogens (tertiary/aromatic N) is 4. The Morgan fingerprint density at radius 3 is 2.71 bits per heavy atom. The molecule has 28 heavy (non-hydrogen) atoms. The molecule has 1 fully saturated rings. The second-order valence-corrected chi connectivity index (χ2v) is 9.09. The first-order valence-electron chi connectivity index (χ1n) is 9.48. The van der Waals surface area contributed by atoms with Gasteiger partial charge in [0.15, 0.2) is 5.65 Å². The zero-order valence-electron chi connectivity index (χ0n) is 16.1. The number of methoxy groups -OCH3 is 1. The number of rotatable bonds is 6. The highest BCUT2D eigenvalue weighted by molar-refractivity contribution is 7.89. The molecule has 0 aliphatic carbocycles. The maximum Gasteiger partial charge on any atom is 0.214 e. The van der Waals surface area contributed by atoms with Crippen molar-refractivity contribution in [1.29, 1.82) is 0 Å². The van der Waals surface area contributed by atoms with Crippen molar-refractivity contribution in [3.63, 3.8) is 0 Å². The Labute approximate surface area is 165 Å². The number of imidazole rings is 1. The van der Waals surface area contributed by atoms with Gasteiger partial charge in [-0.05, 0) is 49.2 Å². The number of fused-ring (bicyclic) bond motifs is 1. The Bertz CT molecular complexity index is 1080. The summed E-state index contributed by atoms with van der Waals surface area (Å²) in [7, 11) is -1.57. The van der Waals surface area contributed by atoms with Gasteiger partial charge in [-0.1, -0.05) is 6.92 Å². The molecule has 1 aliphatic rings. The van der Waals surface area contributed by atoms with Crippen LogP contribution in [0.3, 0.4) is 0 Å². The zero-order valence-corrected chi connectivity index (χ0v) is 16.9. The van der Waals surface area contributed by atoms with Crippen molar-refractivity contribution in [2.75, 3.05) is 26.0 Å². The maximum absolute atomic E-state index is 12.5. The lowest BCUT2D eigenvalue weighted by molar-refractivity contribution is 0.415. The van der Waals surface area contributed by atoms with E-state index in [1.54, 1.807) is 17.6 Å². The minimum Gasteiger partial charge on any atom is -0.497 e. The first-order chi connectivity index (χ1) is 13.5. The van der Waals surface area contributed by atoms with Crippen LogP contribution in [-0.4, -0.2) is 53.2 Å². The molecule has 1 aromatic carbocycles. The number of aromatic nitrogens is 3. The van der Waals surface area contributed by atoms with Crippen molar-refractivity contribution < 1.29 is 13.2 Å². The van der Waals surface area contributed by atoms with E-state index < -0.39 is 10.0 Å². The molecular formula is C20H24N4O3S. The van der Waals surface area contributed by atoms with Crippen LogP contribution in [-0.2, 0) is 10.0 Å². The number of hydrogen-bond acceptors (Lipinski definition) is 5. The fourth-order valence-electron chi connectivity index (χ4n) is 3.78. The molecule has 1 atom stereocenters. The molecule has 0 unspecified atom stereocenters. The molecule has 0 bridgehead atoms. The Balaban J connectivity index is 1.76. The minimum absolute atomic E-state index is 0.00336. The van der Waals surface area contributed by atoms with E-state index in [2.05, 4.69) is 9.55 Å². The predicted molar refractivity (Wildman–Crippen MR) is 109 cm³/mol. The van der Waals surface area contributed by atoms with Gasteiger partial charge >= 0.3 is 0 Å². The van der Waals surface area contributed by atoms with Gasteiger partial charge in [-0.15, -0.1) is 0 Å². The molecule has 3 heterocycles. The first kappa shape index (κ1) is 18.9. The molecule has 7 nitrogen and oxygen atoms in total. The summed E-state index contributed by atoms with van der Waals surface area (Å²) in [6.07, 6.45) is 3.11. The summed E-state index contributed by atoms with van der Waals surface area (Å²) in [5.74, 6) is 1.77. The Morgan fingerprint density at radius 2 is 2.00 bits per heavy atom. The third-order valence-corrected chi connectivity index (χ3v) is 7.19. The highest BCUT2D eigenvalue weighted by Crippen LogP contribution is 2.33. The smallest absolute Gasteiger partial charge is 0.214 e. The Kier molecular flexibility index (Phi) is 5.07. The molecule has 2 aromatic heterocycles. The maximum atomic E-state index is 12.5. The zero-order chi connectivity index (χ0) is 19.7. The topological polar surface area (TPSA) is 77.3 Å². The lowest BCUT2D eigenvalue weighted by Gasteiger charge is -2.18. The highest BCUT2D eigenvalue weighted by atomic mass is 32.2. The molecule has 1 aliphatic heterocycles. The molecule has 148 valence electrons. The van der Waals surface area contributed by atoms with Gasteiger partial charge in [0.2, 0.25) is 10.0 Å².